The fraction of sp³-hybridized carbons (Fsp3) is 0.700. The highest BCUT2D eigenvalue weighted by Gasteiger charge is 2.52. The molecule has 0 aromatic heterocycles. The van der Waals surface area contributed by atoms with Crippen molar-refractivity contribution in [2.75, 3.05) is 6.16 Å². The largest absolute Gasteiger partial charge is 0.0945 e. The summed E-state index contributed by atoms with van der Waals surface area (Å²) < 4.78 is 0. The van der Waals surface area contributed by atoms with Crippen molar-refractivity contribution in [3.8, 4) is 0 Å². The van der Waals surface area contributed by atoms with Crippen molar-refractivity contribution in [2.24, 2.45) is 0 Å². The fourth-order valence-corrected chi connectivity index (χ4v) is 11.3. The molecule has 0 unspecified atom stereocenters. The van der Waals surface area contributed by atoms with Gasteiger partial charge in [0.1, 0.15) is 0 Å². The van der Waals surface area contributed by atoms with Crippen molar-refractivity contribution in [1.29, 1.82) is 0 Å². The third kappa shape index (κ3) is 3.07. The molecule has 21 heavy (non-hydrogen) atoms. The summed E-state index contributed by atoms with van der Waals surface area (Å²) in [5.41, 5.74) is 2.09. The Morgan fingerprint density at radius 2 is 1.24 bits per heavy atom. The quantitative estimate of drug-likeness (QED) is 0.597. The Morgan fingerprint density at radius 1 is 0.762 bits per heavy atom. The lowest BCUT2D eigenvalue weighted by molar-refractivity contribution is 0.481. The van der Waals surface area contributed by atoms with E-state index in [0.29, 0.717) is 0 Å². The monoisotopic (exact) mass is 303 g/mol. The van der Waals surface area contributed by atoms with Crippen LogP contribution in [0, 0.1) is 0 Å². The average Bonchev–Trinajstić information content (AvgIpc) is 2.59. The summed E-state index contributed by atoms with van der Waals surface area (Å²) in [4.78, 5) is 0. The van der Waals surface area contributed by atoms with Crippen molar-refractivity contribution in [3.05, 3.63) is 30.3 Å². The standard InChI is InChI=1S/C20H32P/c1-2-21(18-12-6-3-7-13-18,19-14-8-4-9-15-19)20-16-10-5-11-17-20/h3,6-7,12-13,19-20H,2,4-5,8-11,14-17H2,1H3/q+1. The van der Waals surface area contributed by atoms with E-state index in [-0.39, 0.29) is 0 Å². The molecule has 116 valence electrons. The molecule has 1 aromatic rings. The molecule has 0 aliphatic heterocycles. The first-order valence-electron chi connectivity index (χ1n) is 9.31. The molecule has 0 bridgehead atoms. The minimum absolute atomic E-state index is 0.980. The molecule has 0 saturated heterocycles. The van der Waals surface area contributed by atoms with Gasteiger partial charge in [0.05, 0.1) is 30.0 Å². The van der Waals surface area contributed by atoms with Gasteiger partial charge in [0.2, 0.25) is 0 Å². The van der Waals surface area contributed by atoms with Gasteiger partial charge < -0.3 is 0 Å². The first kappa shape index (κ1) is 15.5. The first-order valence-corrected chi connectivity index (χ1v) is 11.4. The van der Waals surface area contributed by atoms with E-state index < -0.39 is 7.26 Å². The molecule has 3 rings (SSSR count). The summed E-state index contributed by atoms with van der Waals surface area (Å²) in [5, 5.41) is 1.77. The van der Waals surface area contributed by atoms with E-state index in [1.807, 2.05) is 0 Å². The number of rotatable bonds is 4. The molecule has 0 nitrogen and oxygen atoms in total. The number of hydrogen-bond acceptors (Lipinski definition) is 0. The van der Waals surface area contributed by atoms with E-state index in [4.69, 9.17) is 0 Å². The summed E-state index contributed by atoms with van der Waals surface area (Å²) in [5.74, 6) is 0. The lowest BCUT2D eigenvalue weighted by Crippen LogP contribution is -2.35. The highest BCUT2D eigenvalue weighted by atomic mass is 31.2. The third-order valence-corrected chi connectivity index (χ3v) is 12.2. The van der Waals surface area contributed by atoms with Crippen LogP contribution in [0.25, 0.3) is 0 Å². The van der Waals surface area contributed by atoms with Crippen LogP contribution in [-0.4, -0.2) is 17.5 Å². The minimum Gasteiger partial charge on any atom is -0.0620 e. The Balaban J connectivity index is 1.98. The van der Waals surface area contributed by atoms with Crippen molar-refractivity contribution < 1.29 is 0 Å². The van der Waals surface area contributed by atoms with Crippen LogP contribution in [0.2, 0.25) is 0 Å². The van der Waals surface area contributed by atoms with Gasteiger partial charge in [-0.2, -0.15) is 0 Å². The molecule has 0 spiro atoms. The van der Waals surface area contributed by atoms with Crippen LogP contribution in [0.3, 0.4) is 0 Å². The Hall–Kier alpha value is -0.350. The second-order valence-electron chi connectivity index (χ2n) is 7.17. The Bertz CT molecular complexity index is 395. The van der Waals surface area contributed by atoms with Crippen LogP contribution in [-0.2, 0) is 0 Å². The van der Waals surface area contributed by atoms with Crippen LogP contribution in [0.1, 0.15) is 71.1 Å². The maximum Gasteiger partial charge on any atom is 0.0945 e. The molecule has 0 heterocycles. The van der Waals surface area contributed by atoms with E-state index >= 15 is 0 Å². The molecule has 2 fully saturated rings. The predicted molar refractivity (Wildman–Crippen MR) is 97.3 cm³/mol. The van der Waals surface area contributed by atoms with Crippen molar-refractivity contribution >= 4 is 12.6 Å². The molecule has 0 amide bonds. The molecular formula is C20H32P+. The van der Waals surface area contributed by atoms with E-state index in [2.05, 4.69) is 37.3 Å². The molecule has 1 aromatic carbocycles. The summed E-state index contributed by atoms with van der Waals surface area (Å²) in [6.07, 6.45) is 16.5. The average molecular weight is 303 g/mol. The molecule has 0 atom stereocenters. The smallest absolute Gasteiger partial charge is 0.0620 e. The third-order valence-electron chi connectivity index (χ3n) is 6.21. The topological polar surface area (TPSA) is 0 Å². The van der Waals surface area contributed by atoms with E-state index in [0.717, 1.165) is 11.3 Å². The van der Waals surface area contributed by atoms with Gasteiger partial charge in [-0.05, 0) is 70.4 Å². The van der Waals surface area contributed by atoms with Gasteiger partial charge in [0, 0.05) is 0 Å². The lowest BCUT2D eigenvalue weighted by Gasteiger charge is -2.43. The zero-order valence-electron chi connectivity index (χ0n) is 13.8. The minimum atomic E-state index is -0.980. The number of benzene rings is 1. The summed E-state index contributed by atoms with van der Waals surface area (Å²) in [6, 6.07) is 11.8. The molecule has 0 N–H and O–H groups in total. The van der Waals surface area contributed by atoms with Gasteiger partial charge in [-0.25, -0.2) is 0 Å². The molecular weight excluding hydrogens is 271 g/mol. The maximum absolute atomic E-state index is 2.52. The maximum atomic E-state index is 2.52. The summed E-state index contributed by atoms with van der Waals surface area (Å²) >= 11 is 0. The second-order valence-corrected chi connectivity index (χ2v) is 11.6. The molecule has 0 radical (unpaired) electrons. The van der Waals surface area contributed by atoms with E-state index in [1.165, 1.54) is 70.4 Å². The summed E-state index contributed by atoms with van der Waals surface area (Å²) in [6.45, 7) is 2.52. The van der Waals surface area contributed by atoms with Crippen molar-refractivity contribution in [2.45, 2.75) is 82.4 Å². The van der Waals surface area contributed by atoms with Gasteiger partial charge in [-0.15, -0.1) is 0 Å². The highest BCUT2D eigenvalue weighted by molar-refractivity contribution is 7.84. The zero-order valence-corrected chi connectivity index (χ0v) is 14.7. The van der Waals surface area contributed by atoms with Crippen LogP contribution in [0.4, 0.5) is 0 Å². The number of hydrogen-bond donors (Lipinski definition) is 0. The predicted octanol–water partition coefficient (Wildman–Crippen LogP) is 6.01. The van der Waals surface area contributed by atoms with E-state index in [1.54, 1.807) is 5.30 Å². The lowest BCUT2D eigenvalue weighted by atomic mass is 9.99. The normalized spacial score (nSPS) is 22.3. The fourth-order valence-electron chi connectivity index (χ4n) is 5.21. The Labute approximate surface area is 132 Å². The van der Waals surface area contributed by atoms with Gasteiger partial charge in [-0.3, -0.25) is 0 Å². The van der Waals surface area contributed by atoms with E-state index in [9.17, 15) is 0 Å². The van der Waals surface area contributed by atoms with Crippen molar-refractivity contribution in [1.82, 2.24) is 0 Å². The van der Waals surface area contributed by atoms with Gasteiger partial charge in [0.25, 0.3) is 0 Å². The van der Waals surface area contributed by atoms with Gasteiger partial charge in [0.15, 0.2) is 0 Å². The van der Waals surface area contributed by atoms with Crippen LogP contribution in [0.5, 0.6) is 0 Å². The second kappa shape index (κ2) is 7.28. The highest BCUT2D eigenvalue weighted by Crippen LogP contribution is 2.70. The van der Waals surface area contributed by atoms with Crippen molar-refractivity contribution in [3.63, 3.8) is 0 Å². The van der Waals surface area contributed by atoms with Crippen LogP contribution in [0.15, 0.2) is 30.3 Å². The molecule has 2 aliphatic rings. The molecule has 2 aliphatic carbocycles. The van der Waals surface area contributed by atoms with Gasteiger partial charge >= 0.3 is 0 Å². The zero-order chi connectivity index (χ0) is 14.5. The SMILES string of the molecule is CC[P+](c1ccccc1)(C1CCCCC1)C1CCCCC1. The summed E-state index contributed by atoms with van der Waals surface area (Å²) in [7, 11) is -0.980. The Morgan fingerprint density at radius 3 is 1.67 bits per heavy atom. The first-order chi connectivity index (χ1) is 10.4. The molecule has 1 heteroatoms. The Kier molecular flexibility index (Phi) is 5.38. The van der Waals surface area contributed by atoms with Gasteiger partial charge in [-0.1, -0.05) is 31.0 Å². The van der Waals surface area contributed by atoms with Crippen LogP contribution >= 0.6 is 7.26 Å². The molecule has 2 saturated carbocycles. The van der Waals surface area contributed by atoms with Crippen LogP contribution < -0.4 is 5.30 Å².